The minimum atomic E-state index is -2.62. The number of ketones is 3. The van der Waals surface area contributed by atoms with E-state index in [1.54, 1.807) is 6.92 Å². The standard InChI is InChI=1S/C39H46O7/c1-19(2)24-13-10-23(11-14-24)12-15-25-16-26(20(3)4)27-17-37(8)18-38(9)30(21(5)6)33(42)28(22(7)40)35(44)39(38,46)36(45)31(37)34(43)29(27)32(25)41/h10-11,13-14,16,20-21,30,41-42,45-46H,1,12,15,17-18H2,2-9H3/t30?,37-,38-,39+/m1/s1. The average molecular weight is 627 g/mol. The molecule has 4 N–H and O–H groups in total. The van der Waals surface area contributed by atoms with E-state index in [9.17, 15) is 34.8 Å². The second kappa shape index (κ2) is 11.1. The average Bonchev–Trinajstić information content (AvgIpc) is 2.94. The van der Waals surface area contributed by atoms with Gasteiger partial charge in [-0.1, -0.05) is 84.0 Å². The number of fused-ring (bicyclic) bond motifs is 3. The molecule has 0 aliphatic heterocycles. The summed E-state index contributed by atoms with van der Waals surface area (Å²) >= 11 is 0. The number of carbonyl (C=O) groups is 3. The molecule has 0 saturated carbocycles. The second-order valence-corrected chi connectivity index (χ2v) is 14.9. The van der Waals surface area contributed by atoms with Gasteiger partial charge in [-0.05, 0) is 79.2 Å². The lowest BCUT2D eigenvalue weighted by molar-refractivity contribution is -0.171. The number of aryl methyl sites for hydroxylation is 2. The molecule has 4 atom stereocenters. The van der Waals surface area contributed by atoms with Crippen LogP contribution in [-0.2, 0) is 28.9 Å². The van der Waals surface area contributed by atoms with Gasteiger partial charge in [-0.2, -0.15) is 0 Å². The van der Waals surface area contributed by atoms with Crippen LogP contribution < -0.4 is 0 Å². The Morgan fingerprint density at radius 1 is 1.00 bits per heavy atom. The third-order valence-electron chi connectivity index (χ3n) is 10.9. The SMILES string of the molecule is C=C(C)c1ccc(CCc2cc(C(C)C)c3c(c2O)C(=O)C2=C(O)[C@@]4(O)C(=O)C(C(C)=O)=C(O)C(C(C)C)[C@@]4(C)C[C@@]2(C)C3)cc1. The quantitative estimate of drug-likeness (QED) is 0.237. The molecule has 244 valence electrons. The third-order valence-corrected chi connectivity index (χ3v) is 10.9. The summed E-state index contributed by atoms with van der Waals surface area (Å²) in [6.45, 7) is 18.3. The fourth-order valence-electron chi connectivity index (χ4n) is 8.83. The van der Waals surface area contributed by atoms with Crippen LogP contribution in [0, 0.1) is 22.7 Å². The molecule has 0 fully saturated rings. The van der Waals surface area contributed by atoms with Crippen LogP contribution in [0.4, 0.5) is 0 Å². The predicted molar refractivity (Wildman–Crippen MR) is 178 cm³/mol. The molecule has 2 aromatic rings. The fourth-order valence-corrected chi connectivity index (χ4v) is 8.83. The van der Waals surface area contributed by atoms with Crippen molar-refractivity contribution in [3.05, 3.63) is 93.0 Å². The smallest absolute Gasteiger partial charge is 0.209 e. The van der Waals surface area contributed by atoms with Crippen LogP contribution >= 0.6 is 0 Å². The molecule has 0 saturated heterocycles. The molecule has 7 heteroatoms. The van der Waals surface area contributed by atoms with Crippen LogP contribution in [0.1, 0.15) is 106 Å². The Hall–Kier alpha value is -3.97. The minimum Gasteiger partial charge on any atom is -0.511 e. The largest absolute Gasteiger partial charge is 0.511 e. The summed E-state index contributed by atoms with van der Waals surface area (Å²) in [5.41, 5.74) is -0.422. The summed E-state index contributed by atoms with van der Waals surface area (Å²) in [5.74, 6) is -4.98. The molecule has 2 aromatic carbocycles. The van der Waals surface area contributed by atoms with Gasteiger partial charge < -0.3 is 20.4 Å². The highest BCUT2D eigenvalue weighted by Gasteiger charge is 2.71. The van der Waals surface area contributed by atoms with Gasteiger partial charge in [-0.3, -0.25) is 14.4 Å². The number of benzene rings is 2. The van der Waals surface area contributed by atoms with Gasteiger partial charge in [-0.25, -0.2) is 0 Å². The number of rotatable bonds is 7. The number of aliphatic hydroxyl groups excluding tert-OH is 2. The van der Waals surface area contributed by atoms with E-state index < -0.39 is 51.0 Å². The number of allylic oxidation sites excluding steroid dienone is 3. The number of hydrogen-bond acceptors (Lipinski definition) is 7. The van der Waals surface area contributed by atoms with Crippen molar-refractivity contribution in [1.82, 2.24) is 0 Å². The number of phenols is 1. The Morgan fingerprint density at radius 2 is 1.61 bits per heavy atom. The van der Waals surface area contributed by atoms with Crippen molar-refractivity contribution in [2.45, 2.75) is 92.6 Å². The highest BCUT2D eigenvalue weighted by Crippen LogP contribution is 2.65. The normalized spacial score (nSPS) is 27.6. The summed E-state index contributed by atoms with van der Waals surface area (Å²) in [6.07, 6.45) is 1.42. The number of aliphatic hydroxyl groups is 3. The van der Waals surface area contributed by atoms with Crippen LogP contribution in [0.15, 0.2) is 59.6 Å². The zero-order chi connectivity index (χ0) is 34.3. The molecule has 3 aliphatic rings. The Balaban J connectivity index is 1.68. The highest BCUT2D eigenvalue weighted by molar-refractivity contribution is 6.25. The number of carbonyl (C=O) groups excluding carboxylic acids is 3. The molecule has 0 radical (unpaired) electrons. The molecule has 0 heterocycles. The maximum absolute atomic E-state index is 14.6. The van der Waals surface area contributed by atoms with Crippen LogP contribution in [0.2, 0.25) is 0 Å². The molecule has 46 heavy (non-hydrogen) atoms. The summed E-state index contributed by atoms with van der Waals surface area (Å²) in [5, 5.41) is 47.3. The highest BCUT2D eigenvalue weighted by atomic mass is 16.3. The van der Waals surface area contributed by atoms with Crippen molar-refractivity contribution in [1.29, 1.82) is 0 Å². The first kappa shape index (κ1) is 33.4. The lowest BCUT2D eigenvalue weighted by Crippen LogP contribution is -2.67. The molecule has 0 aromatic heterocycles. The molecule has 7 nitrogen and oxygen atoms in total. The third kappa shape index (κ3) is 4.61. The maximum Gasteiger partial charge on any atom is 0.209 e. The van der Waals surface area contributed by atoms with Crippen LogP contribution in [-0.4, -0.2) is 43.4 Å². The van der Waals surface area contributed by atoms with E-state index in [-0.39, 0.29) is 47.3 Å². The number of phenolic OH excluding ortho intramolecular Hbond substituents is 1. The Bertz CT molecular complexity index is 1750. The minimum absolute atomic E-state index is 0.0133. The predicted octanol–water partition coefficient (Wildman–Crippen LogP) is 7.29. The van der Waals surface area contributed by atoms with Crippen molar-refractivity contribution in [2.24, 2.45) is 22.7 Å². The lowest BCUT2D eigenvalue weighted by Gasteiger charge is -2.59. The Labute approximate surface area is 271 Å². The van der Waals surface area contributed by atoms with Gasteiger partial charge in [0.1, 0.15) is 22.8 Å². The Kier molecular flexibility index (Phi) is 8.04. The monoisotopic (exact) mass is 626 g/mol. The molecule has 1 unspecified atom stereocenters. The van der Waals surface area contributed by atoms with Crippen LogP contribution in [0.3, 0.4) is 0 Å². The first-order valence-corrected chi connectivity index (χ1v) is 16.1. The first-order chi connectivity index (χ1) is 21.3. The summed E-state index contributed by atoms with van der Waals surface area (Å²) < 4.78 is 0. The second-order valence-electron chi connectivity index (χ2n) is 14.9. The van der Waals surface area contributed by atoms with E-state index in [0.29, 0.717) is 24.0 Å². The molecule has 0 bridgehead atoms. The van der Waals surface area contributed by atoms with Crippen LogP contribution in [0.5, 0.6) is 5.75 Å². The molecular formula is C39H46O7. The summed E-state index contributed by atoms with van der Waals surface area (Å²) in [7, 11) is 0. The number of aromatic hydroxyl groups is 1. The van der Waals surface area contributed by atoms with E-state index in [0.717, 1.165) is 29.2 Å². The maximum atomic E-state index is 14.6. The van der Waals surface area contributed by atoms with Crippen molar-refractivity contribution < 1.29 is 34.8 Å². The van der Waals surface area contributed by atoms with Crippen molar-refractivity contribution >= 4 is 22.9 Å². The lowest BCUT2D eigenvalue weighted by atomic mass is 9.44. The summed E-state index contributed by atoms with van der Waals surface area (Å²) in [4.78, 5) is 41.2. The Morgan fingerprint density at radius 3 is 2.13 bits per heavy atom. The van der Waals surface area contributed by atoms with Crippen LogP contribution in [0.25, 0.3) is 5.57 Å². The number of hydrogen-bond donors (Lipinski definition) is 4. The zero-order valence-electron chi connectivity index (χ0n) is 28.2. The first-order valence-electron chi connectivity index (χ1n) is 16.1. The molecule has 3 aliphatic carbocycles. The zero-order valence-corrected chi connectivity index (χ0v) is 28.2. The van der Waals surface area contributed by atoms with Gasteiger partial charge in [0.2, 0.25) is 5.78 Å². The molecule has 5 rings (SSSR count). The van der Waals surface area contributed by atoms with Crippen molar-refractivity contribution in [3.8, 4) is 5.75 Å². The fraction of sp³-hybridized carbons (Fsp3) is 0.462. The van der Waals surface area contributed by atoms with E-state index in [1.165, 1.54) is 0 Å². The van der Waals surface area contributed by atoms with Gasteiger partial charge in [0.25, 0.3) is 0 Å². The van der Waals surface area contributed by atoms with E-state index in [4.69, 9.17) is 0 Å². The van der Waals surface area contributed by atoms with E-state index in [2.05, 4.69) is 6.58 Å². The molecular weight excluding hydrogens is 580 g/mol. The van der Waals surface area contributed by atoms with Gasteiger partial charge >= 0.3 is 0 Å². The van der Waals surface area contributed by atoms with E-state index in [1.807, 2.05) is 71.9 Å². The van der Waals surface area contributed by atoms with Crippen molar-refractivity contribution in [2.75, 3.05) is 0 Å². The molecule has 0 spiro atoms. The summed E-state index contributed by atoms with van der Waals surface area (Å²) in [6, 6.07) is 10.0. The van der Waals surface area contributed by atoms with Gasteiger partial charge in [0, 0.05) is 22.3 Å². The van der Waals surface area contributed by atoms with Gasteiger partial charge in [0.05, 0.1) is 5.56 Å². The van der Waals surface area contributed by atoms with E-state index >= 15 is 0 Å². The topological polar surface area (TPSA) is 132 Å². The van der Waals surface area contributed by atoms with Gasteiger partial charge in [0.15, 0.2) is 17.2 Å². The number of Topliss-reactive ketones (excluding diaryl/α,β-unsaturated/α-hetero) is 3. The van der Waals surface area contributed by atoms with Crippen molar-refractivity contribution in [3.63, 3.8) is 0 Å². The molecule has 0 amide bonds. The van der Waals surface area contributed by atoms with Gasteiger partial charge in [-0.15, -0.1) is 0 Å².